The average molecular weight is 403 g/mol. The van der Waals surface area contributed by atoms with E-state index in [1.807, 2.05) is 31.2 Å². The topological polar surface area (TPSA) is 84.7 Å². The zero-order valence-electron chi connectivity index (χ0n) is 14.7. The third-order valence-electron chi connectivity index (χ3n) is 3.56. The molecule has 0 saturated carbocycles. The Morgan fingerprint density at radius 2 is 2.15 bits per heavy atom. The van der Waals surface area contributed by atoms with Crippen molar-refractivity contribution in [2.45, 2.75) is 13.8 Å². The van der Waals surface area contributed by atoms with Crippen LogP contribution in [0, 0.1) is 6.92 Å². The summed E-state index contributed by atoms with van der Waals surface area (Å²) in [5.74, 6) is 0.941. The van der Waals surface area contributed by atoms with Crippen LogP contribution in [-0.2, 0) is 9.59 Å². The molecule has 0 spiro atoms. The molecule has 1 fully saturated rings. The third-order valence-corrected chi connectivity index (χ3v) is 4.94. The van der Waals surface area contributed by atoms with Gasteiger partial charge in [0.1, 0.15) is 22.4 Å². The summed E-state index contributed by atoms with van der Waals surface area (Å²) in [4.78, 5) is 26.5. The molecule has 0 aliphatic carbocycles. The van der Waals surface area contributed by atoms with Crippen LogP contribution in [0.15, 0.2) is 39.8 Å². The molecule has 140 valence electrons. The van der Waals surface area contributed by atoms with Crippen molar-refractivity contribution < 1.29 is 18.8 Å². The lowest BCUT2D eigenvalue weighted by Gasteiger charge is -2.13. The van der Waals surface area contributed by atoms with E-state index in [1.165, 1.54) is 16.7 Å². The number of amides is 2. The number of benzene rings is 1. The van der Waals surface area contributed by atoms with Crippen LogP contribution in [0.4, 0.5) is 5.82 Å². The molecule has 9 heteroatoms. The number of aromatic nitrogens is 1. The molecule has 0 atom stereocenters. The summed E-state index contributed by atoms with van der Waals surface area (Å²) in [7, 11) is 0. The van der Waals surface area contributed by atoms with Crippen molar-refractivity contribution in [2.24, 2.45) is 0 Å². The number of carbonyl (C=O) groups is 2. The fraction of sp³-hybridized carbons (Fsp3) is 0.222. The van der Waals surface area contributed by atoms with Gasteiger partial charge in [-0.05, 0) is 37.6 Å². The Labute approximate surface area is 165 Å². The standard InChI is InChI=1S/C18H17N3O4S2/c1-3-24-13-6-4-12(5-7-13)9-14-17(23)21(18(26)27-14)10-16(22)19-15-8-11(2)25-20-15/h4-9H,3,10H2,1-2H3,(H,19,20,22)/b14-9-. The highest BCUT2D eigenvalue weighted by atomic mass is 32.2. The highest BCUT2D eigenvalue weighted by molar-refractivity contribution is 8.26. The highest BCUT2D eigenvalue weighted by Crippen LogP contribution is 2.32. The van der Waals surface area contributed by atoms with Gasteiger partial charge in [0.15, 0.2) is 5.82 Å². The molecule has 0 unspecified atom stereocenters. The molecule has 27 heavy (non-hydrogen) atoms. The van der Waals surface area contributed by atoms with Crippen LogP contribution in [0.3, 0.4) is 0 Å². The molecule has 1 aromatic heterocycles. The van der Waals surface area contributed by atoms with Crippen molar-refractivity contribution in [3.63, 3.8) is 0 Å². The molecule has 2 heterocycles. The fourth-order valence-electron chi connectivity index (χ4n) is 2.37. The number of aryl methyl sites for hydroxylation is 1. The van der Waals surface area contributed by atoms with E-state index in [2.05, 4.69) is 10.5 Å². The van der Waals surface area contributed by atoms with Crippen LogP contribution < -0.4 is 10.1 Å². The van der Waals surface area contributed by atoms with E-state index in [0.717, 1.165) is 11.3 Å². The Morgan fingerprint density at radius 3 is 2.78 bits per heavy atom. The van der Waals surface area contributed by atoms with E-state index < -0.39 is 5.91 Å². The number of hydrogen-bond donors (Lipinski definition) is 1. The Morgan fingerprint density at radius 1 is 1.41 bits per heavy atom. The van der Waals surface area contributed by atoms with Gasteiger partial charge >= 0.3 is 0 Å². The predicted octanol–water partition coefficient (Wildman–Crippen LogP) is 3.22. The molecular weight excluding hydrogens is 386 g/mol. The molecule has 0 bridgehead atoms. The van der Waals surface area contributed by atoms with Crippen molar-refractivity contribution in [2.75, 3.05) is 18.5 Å². The largest absolute Gasteiger partial charge is 0.494 e. The van der Waals surface area contributed by atoms with Crippen LogP contribution in [-0.4, -0.2) is 39.3 Å². The zero-order valence-corrected chi connectivity index (χ0v) is 16.4. The molecule has 7 nitrogen and oxygen atoms in total. The minimum absolute atomic E-state index is 0.183. The maximum absolute atomic E-state index is 12.6. The first kappa shape index (κ1) is 19.1. The summed E-state index contributed by atoms with van der Waals surface area (Å²) >= 11 is 6.41. The Hall–Kier alpha value is -2.65. The third kappa shape index (κ3) is 4.75. The van der Waals surface area contributed by atoms with Gasteiger partial charge in [-0.2, -0.15) is 0 Å². The van der Waals surface area contributed by atoms with Crippen LogP contribution in [0.2, 0.25) is 0 Å². The molecule has 0 radical (unpaired) electrons. The van der Waals surface area contributed by atoms with Gasteiger partial charge in [-0.1, -0.05) is 41.3 Å². The van der Waals surface area contributed by atoms with Gasteiger partial charge in [-0.3, -0.25) is 14.5 Å². The molecule has 1 saturated heterocycles. The van der Waals surface area contributed by atoms with Crippen LogP contribution in [0.25, 0.3) is 6.08 Å². The van der Waals surface area contributed by atoms with Crippen molar-refractivity contribution in [3.8, 4) is 5.75 Å². The summed E-state index contributed by atoms with van der Waals surface area (Å²) in [6.07, 6.45) is 1.74. The quantitative estimate of drug-likeness (QED) is 0.585. The smallest absolute Gasteiger partial charge is 0.266 e. The lowest BCUT2D eigenvalue weighted by Crippen LogP contribution is -2.36. The number of thiocarbonyl (C=S) groups is 1. The monoisotopic (exact) mass is 403 g/mol. The number of anilines is 1. The van der Waals surface area contributed by atoms with Gasteiger partial charge in [0.2, 0.25) is 5.91 Å². The van der Waals surface area contributed by atoms with Crippen LogP contribution in [0.5, 0.6) is 5.75 Å². The molecule has 2 amide bonds. The number of rotatable bonds is 6. The van der Waals surface area contributed by atoms with Crippen LogP contribution >= 0.6 is 24.0 Å². The molecule has 1 aliphatic rings. The summed E-state index contributed by atoms with van der Waals surface area (Å²) in [6, 6.07) is 8.98. The summed E-state index contributed by atoms with van der Waals surface area (Å²) in [5, 5.41) is 6.26. The number of nitrogens with one attached hydrogen (secondary N) is 1. The normalized spacial score (nSPS) is 15.5. The highest BCUT2D eigenvalue weighted by Gasteiger charge is 2.33. The second kappa shape index (κ2) is 8.36. The summed E-state index contributed by atoms with van der Waals surface area (Å²) in [5.41, 5.74) is 0.849. The average Bonchev–Trinajstić information content (AvgIpc) is 3.15. The molecule has 1 N–H and O–H groups in total. The van der Waals surface area contributed by atoms with Crippen molar-refractivity contribution >= 4 is 52.0 Å². The first-order chi connectivity index (χ1) is 13.0. The molecule has 1 aliphatic heterocycles. The Balaban J connectivity index is 1.66. The molecule has 1 aromatic carbocycles. The van der Waals surface area contributed by atoms with E-state index in [0.29, 0.717) is 27.4 Å². The molecule has 3 rings (SSSR count). The lowest BCUT2D eigenvalue weighted by atomic mass is 10.2. The van der Waals surface area contributed by atoms with Crippen molar-refractivity contribution in [1.82, 2.24) is 10.1 Å². The predicted molar refractivity (Wildman–Crippen MR) is 107 cm³/mol. The molecule has 2 aromatic rings. The van der Waals surface area contributed by atoms with E-state index in [1.54, 1.807) is 19.1 Å². The first-order valence-corrected chi connectivity index (χ1v) is 9.40. The minimum atomic E-state index is -0.401. The van der Waals surface area contributed by atoms with E-state index >= 15 is 0 Å². The van der Waals surface area contributed by atoms with Gasteiger partial charge < -0.3 is 14.6 Å². The maximum Gasteiger partial charge on any atom is 0.266 e. The fourth-order valence-corrected chi connectivity index (χ4v) is 3.62. The summed E-state index contributed by atoms with van der Waals surface area (Å²) in [6.45, 7) is 4.04. The second-order valence-electron chi connectivity index (χ2n) is 5.64. The maximum atomic E-state index is 12.6. The zero-order chi connectivity index (χ0) is 19.4. The van der Waals surface area contributed by atoms with Gasteiger partial charge in [0.05, 0.1) is 11.5 Å². The van der Waals surface area contributed by atoms with E-state index in [4.69, 9.17) is 21.5 Å². The van der Waals surface area contributed by atoms with Gasteiger partial charge in [0, 0.05) is 6.07 Å². The minimum Gasteiger partial charge on any atom is -0.494 e. The van der Waals surface area contributed by atoms with Gasteiger partial charge in [0.25, 0.3) is 5.91 Å². The second-order valence-corrected chi connectivity index (χ2v) is 7.32. The Kier molecular flexibility index (Phi) is 5.92. The van der Waals surface area contributed by atoms with Crippen molar-refractivity contribution in [3.05, 3.63) is 46.6 Å². The van der Waals surface area contributed by atoms with Crippen LogP contribution in [0.1, 0.15) is 18.2 Å². The van der Waals surface area contributed by atoms with E-state index in [-0.39, 0.29) is 12.5 Å². The molecular formula is C18H17N3O4S2. The lowest BCUT2D eigenvalue weighted by molar-refractivity contribution is -0.126. The van der Waals surface area contributed by atoms with Gasteiger partial charge in [-0.25, -0.2) is 0 Å². The number of ether oxygens (including phenoxy) is 1. The number of carbonyl (C=O) groups excluding carboxylic acids is 2. The number of thioether (sulfide) groups is 1. The number of nitrogens with zero attached hydrogens (tertiary/aromatic N) is 2. The SMILES string of the molecule is CCOc1ccc(/C=C2\SC(=S)N(CC(=O)Nc3cc(C)on3)C2=O)cc1. The van der Waals surface area contributed by atoms with Gasteiger partial charge in [-0.15, -0.1) is 0 Å². The number of hydrogen-bond acceptors (Lipinski definition) is 7. The Bertz CT molecular complexity index is 906. The van der Waals surface area contributed by atoms with Crippen molar-refractivity contribution in [1.29, 1.82) is 0 Å². The first-order valence-electron chi connectivity index (χ1n) is 8.17. The van der Waals surface area contributed by atoms with E-state index in [9.17, 15) is 9.59 Å². The summed E-state index contributed by atoms with van der Waals surface area (Å²) < 4.78 is 10.6.